The molecule has 17 heavy (non-hydrogen) atoms. The Kier molecular flexibility index (Phi) is 8.67. The van der Waals surface area contributed by atoms with Crippen LogP contribution in [-0.4, -0.2) is 62.8 Å². The molecular formula is C14H30N2O. The van der Waals surface area contributed by atoms with Crippen molar-refractivity contribution in [2.75, 3.05) is 53.0 Å². The smallest absolute Gasteiger partial charge is 0.0594 e. The third-order valence-electron chi connectivity index (χ3n) is 3.51. The largest absolute Gasteiger partial charge is 0.379 e. The summed E-state index contributed by atoms with van der Waals surface area (Å²) in [5.74, 6) is 0. The highest BCUT2D eigenvalue weighted by atomic mass is 16.5. The Labute approximate surface area is 107 Å². The lowest BCUT2D eigenvalue weighted by Crippen LogP contribution is -2.37. The average molecular weight is 242 g/mol. The van der Waals surface area contributed by atoms with Crippen molar-refractivity contribution in [3.63, 3.8) is 0 Å². The number of morpholine rings is 1. The lowest BCUT2D eigenvalue weighted by Gasteiger charge is -2.27. The highest BCUT2D eigenvalue weighted by Gasteiger charge is 2.09. The fourth-order valence-electron chi connectivity index (χ4n) is 2.31. The summed E-state index contributed by atoms with van der Waals surface area (Å²) in [6.45, 7) is 10.1. The molecule has 0 N–H and O–H groups in total. The standard InChI is InChI=1S/C14H30N2O/c1-3-4-5-6-8-15(2)9-7-10-16-11-13-17-14-12-16/h3-14H2,1-2H3. The summed E-state index contributed by atoms with van der Waals surface area (Å²) < 4.78 is 5.35. The van der Waals surface area contributed by atoms with Gasteiger partial charge in [-0.25, -0.2) is 0 Å². The van der Waals surface area contributed by atoms with Crippen molar-refractivity contribution in [2.45, 2.75) is 39.0 Å². The Balaban J connectivity index is 1.90. The van der Waals surface area contributed by atoms with E-state index in [1.54, 1.807) is 0 Å². The molecule has 3 nitrogen and oxygen atoms in total. The second-order valence-electron chi connectivity index (χ2n) is 5.17. The first-order valence-corrected chi connectivity index (χ1v) is 7.31. The SMILES string of the molecule is CCCCCCN(C)CCCN1CCOCC1. The molecule has 0 spiro atoms. The van der Waals surface area contributed by atoms with Crippen LogP contribution < -0.4 is 0 Å². The molecule has 0 saturated carbocycles. The van der Waals surface area contributed by atoms with Gasteiger partial charge in [0, 0.05) is 13.1 Å². The predicted molar refractivity (Wildman–Crippen MR) is 73.5 cm³/mol. The van der Waals surface area contributed by atoms with E-state index >= 15 is 0 Å². The second kappa shape index (κ2) is 9.86. The van der Waals surface area contributed by atoms with Crippen molar-refractivity contribution in [2.24, 2.45) is 0 Å². The van der Waals surface area contributed by atoms with Gasteiger partial charge in [-0.1, -0.05) is 26.2 Å². The molecule has 1 saturated heterocycles. The number of unbranched alkanes of at least 4 members (excludes halogenated alkanes) is 3. The van der Waals surface area contributed by atoms with Crippen molar-refractivity contribution in [1.82, 2.24) is 9.80 Å². The maximum atomic E-state index is 5.35. The third-order valence-corrected chi connectivity index (χ3v) is 3.51. The van der Waals surface area contributed by atoms with E-state index in [4.69, 9.17) is 4.74 Å². The Morgan fingerprint density at radius 2 is 1.71 bits per heavy atom. The van der Waals surface area contributed by atoms with Crippen molar-refractivity contribution in [3.05, 3.63) is 0 Å². The van der Waals surface area contributed by atoms with Crippen LogP contribution >= 0.6 is 0 Å². The third kappa shape index (κ3) is 7.74. The number of ether oxygens (including phenoxy) is 1. The summed E-state index contributed by atoms with van der Waals surface area (Å²) in [6, 6.07) is 0. The van der Waals surface area contributed by atoms with Gasteiger partial charge in [0.15, 0.2) is 0 Å². The van der Waals surface area contributed by atoms with Gasteiger partial charge in [-0.3, -0.25) is 4.90 Å². The van der Waals surface area contributed by atoms with Crippen LogP contribution in [0.1, 0.15) is 39.0 Å². The molecule has 1 rings (SSSR count). The molecule has 1 heterocycles. The van der Waals surface area contributed by atoms with Crippen LogP contribution in [0.4, 0.5) is 0 Å². The summed E-state index contributed by atoms with van der Waals surface area (Å²) in [6.07, 6.45) is 6.78. The van der Waals surface area contributed by atoms with Crippen molar-refractivity contribution >= 4 is 0 Å². The van der Waals surface area contributed by atoms with Crippen LogP contribution in [0, 0.1) is 0 Å². The molecule has 102 valence electrons. The molecule has 0 aromatic carbocycles. The lowest BCUT2D eigenvalue weighted by atomic mass is 10.2. The van der Waals surface area contributed by atoms with E-state index in [0.717, 1.165) is 26.3 Å². The highest BCUT2D eigenvalue weighted by molar-refractivity contribution is 4.63. The van der Waals surface area contributed by atoms with Crippen LogP contribution in [0.15, 0.2) is 0 Å². The first-order valence-electron chi connectivity index (χ1n) is 7.31. The van der Waals surface area contributed by atoms with Gasteiger partial charge in [0.05, 0.1) is 13.2 Å². The van der Waals surface area contributed by atoms with Gasteiger partial charge < -0.3 is 9.64 Å². The number of rotatable bonds is 9. The lowest BCUT2D eigenvalue weighted by molar-refractivity contribution is 0.0364. The fraction of sp³-hybridized carbons (Fsp3) is 1.00. The minimum Gasteiger partial charge on any atom is -0.379 e. The summed E-state index contributed by atoms with van der Waals surface area (Å²) in [7, 11) is 2.26. The minimum absolute atomic E-state index is 0.923. The summed E-state index contributed by atoms with van der Waals surface area (Å²) in [5.41, 5.74) is 0. The van der Waals surface area contributed by atoms with Crippen molar-refractivity contribution in [3.8, 4) is 0 Å². The Morgan fingerprint density at radius 1 is 1.00 bits per heavy atom. The highest BCUT2D eigenvalue weighted by Crippen LogP contribution is 2.02. The van der Waals surface area contributed by atoms with E-state index in [2.05, 4.69) is 23.8 Å². The molecule has 0 bridgehead atoms. The summed E-state index contributed by atoms with van der Waals surface area (Å²) in [4.78, 5) is 5.00. The Hall–Kier alpha value is -0.120. The molecule has 0 aromatic heterocycles. The van der Waals surface area contributed by atoms with Crippen LogP contribution in [0.25, 0.3) is 0 Å². The van der Waals surface area contributed by atoms with E-state index in [0.29, 0.717) is 0 Å². The van der Waals surface area contributed by atoms with Gasteiger partial charge in [-0.2, -0.15) is 0 Å². The van der Waals surface area contributed by atoms with E-state index in [1.807, 2.05) is 0 Å². The fourth-order valence-corrected chi connectivity index (χ4v) is 2.31. The Morgan fingerprint density at radius 3 is 2.41 bits per heavy atom. The monoisotopic (exact) mass is 242 g/mol. The van der Waals surface area contributed by atoms with E-state index in [-0.39, 0.29) is 0 Å². The maximum Gasteiger partial charge on any atom is 0.0594 e. The maximum absolute atomic E-state index is 5.35. The molecule has 1 aliphatic rings. The molecule has 0 unspecified atom stereocenters. The summed E-state index contributed by atoms with van der Waals surface area (Å²) in [5, 5.41) is 0. The zero-order valence-electron chi connectivity index (χ0n) is 11.8. The van der Waals surface area contributed by atoms with Crippen LogP contribution in [0.2, 0.25) is 0 Å². The van der Waals surface area contributed by atoms with Crippen molar-refractivity contribution in [1.29, 1.82) is 0 Å². The van der Waals surface area contributed by atoms with E-state index in [1.165, 1.54) is 51.7 Å². The van der Waals surface area contributed by atoms with Gasteiger partial charge in [-0.05, 0) is 39.5 Å². The molecular weight excluding hydrogens is 212 g/mol. The number of hydrogen-bond donors (Lipinski definition) is 0. The van der Waals surface area contributed by atoms with E-state index in [9.17, 15) is 0 Å². The first kappa shape index (κ1) is 14.9. The van der Waals surface area contributed by atoms with E-state index < -0.39 is 0 Å². The normalized spacial score (nSPS) is 17.8. The van der Waals surface area contributed by atoms with Crippen LogP contribution in [0.3, 0.4) is 0 Å². The minimum atomic E-state index is 0.923. The molecule has 1 aliphatic heterocycles. The molecule has 0 aromatic rings. The van der Waals surface area contributed by atoms with Crippen LogP contribution in [0.5, 0.6) is 0 Å². The molecule has 0 radical (unpaired) electrons. The number of nitrogens with zero attached hydrogens (tertiary/aromatic N) is 2. The average Bonchev–Trinajstić information content (AvgIpc) is 2.36. The second-order valence-corrected chi connectivity index (χ2v) is 5.17. The summed E-state index contributed by atoms with van der Waals surface area (Å²) >= 11 is 0. The molecule has 0 aliphatic carbocycles. The Bertz CT molecular complexity index is 170. The van der Waals surface area contributed by atoms with Gasteiger partial charge in [-0.15, -0.1) is 0 Å². The molecule has 3 heteroatoms. The van der Waals surface area contributed by atoms with Gasteiger partial charge >= 0.3 is 0 Å². The quantitative estimate of drug-likeness (QED) is 0.577. The van der Waals surface area contributed by atoms with Gasteiger partial charge in [0.25, 0.3) is 0 Å². The predicted octanol–water partition coefficient (Wildman–Crippen LogP) is 2.22. The zero-order valence-corrected chi connectivity index (χ0v) is 11.8. The first-order chi connectivity index (χ1) is 8.33. The van der Waals surface area contributed by atoms with Gasteiger partial charge in [0.2, 0.25) is 0 Å². The zero-order chi connectivity index (χ0) is 12.3. The van der Waals surface area contributed by atoms with Crippen molar-refractivity contribution < 1.29 is 4.74 Å². The van der Waals surface area contributed by atoms with Gasteiger partial charge in [0.1, 0.15) is 0 Å². The molecule has 1 fully saturated rings. The topological polar surface area (TPSA) is 15.7 Å². The number of hydrogen-bond acceptors (Lipinski definition) is 3. The molecule has 0 amide bonds. The molecule has 0 atom stereocenters. The van der Waals surface area contributed by atoms with Crippen LogP contribution in [-0.2, 0) is 4.74 Å².